The standard InChI is InChI=1S/C9H7N7O4/c10-14(8-7(16(19)20)2-1-3-11-8)9-12-4-6(5-13-9)15(17)18/h1-5H,10H2. The summed E-state index contributed by atoms with van der Waals surface area (Å²) in [4.78, 5) is 31.1. The van der Waals surface area contributed by atoms with Crippen molar-refractivity contribution in [2.45, 2.75) is 0 Å². The molecule has 20 heavy (non-hydrogen) atoms. The summed E-state index contributed by atoms with van der Waals surface area (Å²) in [5.74, 6) is 5.32. The fraction of sp³-hybridized carbons (Fsp3) is 0. The summed E-state index contributed by atoms with van der Waals surface area (Å²) in [5.41, 5.74) is -0.658. The molecule has 2 rings (SSSR count). The van der Waals surface area contributed by atoms with Gasteiger partial charge in [0.25, 0.3) is 0 Å². The molecule has 2 N–H and O–H groups in total. The molecule has 0 spiro atoms. The number of aromatic nitrogens is 3. The maximum absolute atomic E-state index is 10.9. The normalized spacial score (nSPS) is 10.1. The average molecular weight is 277 g/mol. The van der Waals surface area contributed by atoms with Crippen LogP contribution in [-0.4, -0.2) is 24.8 Å². The van der Waals surface area contributed by atoms with Gasteiger partial charge in [0.15, 0.2) is 0 Å². The third kappa shape index (κ3) is 2.46. The van der Waals surface area contributed by atoms with Gasteiger partial charge in [-0.05, 0) is 6.07 Å². The zero-order chi connectivity index (χ0) is 14.7. The molecule has 0 bridgehead atoms. The molecule has 0 aromatic carbocycles. The lowest BCUT2D eigenvalue weighted by atomic mass is 10.4. The fourth-order valence-corrected chi connectivity index (χ4v) is 1.34. The van der Waals surface area contributed by atoms with E-state index in [4.69, 9.17) is 5.84 Å². The molecule has 0 aliphatic heterocycles. The number of pyridine rings is 1. The van der Waals surface area contributed by atoms with Crippen molar-refractivity contribution >= 4 is 23.1 Å². The second-order valence-electron chi connectivity index (χ2n) is 3.47. The molecule has 102 valence electrons. The first-order chi connectivity index (χ1) is 9.50. The van der Waals surface area contributed by atoms with E-state index in [1.807, 2.05) is 0 Å². The van der Waals surface area contributed by atoms with Crippen LogP contribution in [0.3, 0.4) is 0 Å². The molecule has 2 aromatic rings. The summed E-state index contributed by atoms with van der Waals surface area (Å²) in [6, 6.07) is 2.60. The Bertz CT molecular complexity index is 660. The van der Waals surface area contributed by atoms with Gasteiger partial charge >= 0.3 is 11.4 Å². The summed E-state index contributed by atoms with van der Waals surface area (Å²) < 4.78 is 0. The maximum atomic E-state index is 10.9. The van der Waals surface area contributed by atoms with Gasteiger partial charge in [0.2, 0.25) is 11.8 Å². The SMILES string of the molecule is NN(c1ncc([N+](=O)[O-])cn1)c1ncccc1[N+](=O)[O-]. The Kier molecular flexibility index (Phi) is 3.43. The third-order valence-electron chi connectivity index (χ3n) is 2.24. The van der Waals surface area contributed by atoms with Gasteiger partial charge in [-0.15, -0.1) is 0 Å². The monoisotopic (exact) mass is 277 g/mol. The molecule has 0 atom stereocenters. The van der Waals surface area contributed by atoms with Crippen molar-refractivity contribution in [1.29, 1.82) is 0 Å². The zero-order valence-corrected chi connectivity index (χ0v) is 9.78. The van der Waals surface area contributed by atoms with Gasteiger partial charge in [0, 0.05) is 12.3 Å². The largest absolute Gasteiger partial charge is 0.313 e. The molecule has 0 unspecified atom stereocenters. The molecule has 0 aliphatic rings. The number of nitrogens with two attached hydrogens (primary N) is 1. The number of hydrogen-bond donors (Lipinski definition) is 1. The molecule has 0 radical (unpaired) electrons. The van der Waals surface area contributed by atoms with Gasteiger partial charge in [-0.2, -0.15) is 0 Å². The first-order valence-corrected chi connectivity index (χ1v) is 5.11. The van der Waals surface area contributed by atoms with E-state index in [1.54, 1.807) is 0 Å². The van der Waals surface area contributed by atoms with Crippen LogP contribution in [0.25, 0.3) is 0 Å². The topological polar surface area (TPSA) is 154 Å². The highest BCUT2D eigenvalue weighted by Gasteiger charge is 2.21. The summed E-state index contributed by atoms with van der Waals surface area (Å²) in [7, 11) is 0. The number of nitro groups is 2. The van der Waals surface area contributed by atoms with Crippen LogP contribution >= 0.6 is 0 Å². The van der Waals surface area contributed by atoms with E-state index < -0.39 is 9.85 Å². The van der Waals surface area contributed by atoms with Crippen LogP contribution in [0.2, 0.25) is 0 Å². The summed E-state index contributed by atoms with van der Waals surface area (Å²) in [6.07, 6.45) is 3.20. The average Bonchev–Trinajstić information content (AvgIpc) is 2.46. The highest BCUT2D eigenvalue weighted by Crippen LogP contribution is 2.26. The molecule has 2 aromatic heterocycles. The van der Waals surface area contributed by atoms with Crippen LogP contribution < -0.4 is 10.9 Å². The Balaban J connectivity index is 2.38. The Morgan fingerprint density at radius 2 is 1.75 bits per heavy atom. The number of nitrogens with zero attached hydrogens (tertiary/aromatic N) is 6. The van der Waals surface area contributed by atoms with E-state index in [2.05, 4.69) is 15.0 Å². The minimum Gasteiger partial charge on any atom is -0.258 e. The highest BCUT2D eigenvalue weighted by atomic mass is 16.6. The molecular weight excluding hydrogens is 270 g/mol. The molecule has 0 aliphatic carbocycles. The molecule has 0 saturated carbocycles. The molecule has 0 fully saturated rings. The van der Waals surface area contributed by atoms with E-state index in [-0.39, 0.29) is 23.1 Å². The van der Waals surface area contributed by atoms with Crippen LogP contribution in [0.1, 0.15) is 0 Å². The van der Waals surface area contributed by atoms with Crippen LogP contribution in [-0.2, 0) is 0 Å². The number of hydrogen-bond acceptors (Lipinski definition) is 9. The predicted molar refractivity (Wildman–Crippen MR) is 65.9 cm³/mol. The Labute approximate surface area is 111 Å². The van der Waals surface area contributed by atoms with E-state index in [0.29, 0.717) is 0 Å². The first-order valence-electron chi connectivity index (χ1n) is 5.11. The van der Waals surface area contributed by atoms with Crippen LogP contribution in [0, 0.1) is 20.2 Å². The smallest absolute Gasteiger partial charge is 0.258 e. The van der Waals surface area contributed by atoms with E-state index in [9.17, 15) is 20.2 Å². The second-order valence-corrected chi connectivity index (χ2v) is 3.47. The molecule has 2 heterocycles. The van der Waals surface area contributed by atoms with Gasteiger partial charge in [-0.1, -0.05) is 0 Å². The quantitative estimate of drug-likeness (QED) is 0.482. The van der Waals surface area contributed by atoms with Crippen LogP contribution in [0.15, 0.2) is 30.7 Å². The van der Waals surface area contributed by atoms with Crippen LogP contribution in [0.5, 0.6) is 0 Å². The lowest BCUT2D eigenvalue weighted by Gasteiger charge is -2.14. The van der Waals surface area contributed by atoms with Crippen molar-refractivity contribution in [2.75, 3.05) is 5.01 Å². The Morgan fingerprint density at radius 1 is 1.10 bits per heavy atom. The Morgan fingerprint density at radius 3 is 2.30 bits per heavy atom. The Hall–Kier alpha value is -3.21. The lowest BCUT2D eigenvalue weighted by molar-refractivity contribution is -0.385. The fourth-order valence-electron chi connectivity index (χ4n) is 1.34. The molecule has 11 heteroatoms. The first kappa shape index (κ1) is 13.2. The molecule has 0 amide bonds. The van der Waals surface area contributed by atoms with Crippen molar-refractivity contribution in [3.05, 3.63) is 51.0 Å². The van der Waals surface area contributed by atoms with Gasteiger partial charge in [0.05, 0.1) is 9.85 Å². The van der Waals surface area contributed by atoms with E-state index >= 15 is 0 Å². The van der Waals surface area contributed by atoms with Gasteiger partial charge in [0.1, 0.15) is 12.4 Å². The number of hydrazine groups is 1. The summed E-state index contributed by atoms with van der Waals surface area (Å²) >= 11 is 0. The minimum absolute atomic E-state index is 0.155. The van der Waals surface area contributed by atoms with Crippen molar-refractivity contribution < 1.29 is 9.85 Å². The third-order valence-corrected chi connectivity index (χ3v) is 2.24. The zero-order valence-electron chi connectivity index (χ0n) is 9.78. The predicted octanol–water partition coefficient (Wildman–Crippen LogP) is 0.700. The van der Waals surface area contributed by atoms with Crippen molar-refractivity contribution in [3.8, 4) is 0 Å². The van der Waals surface area contributed by atoms with Gasteiger partial charge in [-0.3, -0.25) is 20.2 Å². The highest BCUT2D eigenvalue weighted by molar-refractivity contribution is 5.62. The maximum Gasteiger partial charge on any atom is 0.313 e. The summed E-state index contributed by atoms with van der Waals surface area (Å²) in [6.45, 7) is 0. The lowest BCUT2D eigenvalue weighted by Crippen LogP contribution is -2.28. The van der Waals surface area contributed by atoms with Crippen molar-refractivity contribution in [3.63, 3.8) is 0 Å². The van der Waals surface area contributed by atoms with Crippen LogP contribution in [0.4, 0.5) is 23.1 Å². The molecule has 11 nitrogen and oxygen atoms in total. The van der Waals surface area contributed by atoms with Crippen molar-refractivity contribution in [1.82, 2.24) is 15.0 Å². The minimum atomic E-state index is -0.673. The van der Waals surface area contributed by atoms with Crippen molar-refractivity contribution in [2.24, 2.45) is 5.84 Å². The number of anilines is 2. The van der Waals surface area contributed by atoms with Gasteiger partial charge < -0.3 is 0 Å². The molecular formula is C9H7N7O4. The molecule has 0 saturated heterocycles. The second kappa shape index (κ2) is 5.19. The van der Waals surface area contributed by atoms with Gasteiger partial charge in [-0.25, -0.2) is 25.8 Å². The number of rotatable bonds is 4. The van der Waals surface area contributed by atoms with E-state index in [1.165, 1.54) is 18.3 Å². The summed E-state index contributed by atoms with van der Waals surface area (Å²) in [5, 5.41) is 22.1. The van der Waals surface area contributed by atoms with E-state index in [0.717, 1.165) is 17.4 Å².